The lowest BCUT2D eigenvalue weighted by Gasteiger charge is -2.37. The molecule has 1 aromatic rings. The number of benzene rings is 1. The highest BCUT2D eigenvalue weighted by Crippen LogP contribution is 2.35. The summed E-state index contributed by atoms with van der Waals surface area (Å²) in [5, 5.41) is 10.5. The van der Waals surface area contributed by atoms with E-state index in [2.05, 4.69) is 30.0 Å². The Morgan fingerprint density at radius 2 is 2.00 bits per heavy atom. The molecular weight excluding hydrogens is 238 g/mol. The molecule has 3 nitrogen and oxygen atoms in total. The second-order valence-corrected chi connectivity index (χ2v) is 5.61. The van der Waals surface area contributed by atoms with E-state index in [1.54, 1.807) is 0 Å². The van der Waals surface area contributed by atoms with Gasteiger partial charge in [0, 0.05) is 25.7 Å². The molecule has 2 atom stereocenters. The first kappa shape index (κ1) is 13.1. The van der Waals surface area contributed by atoms with Crippen LogP contribution in [0.25, 0.3) is 0 Å². The van der Waals surface area contributed by atoms with Crippen LogP contribution in [0.2, 0.25) is 0 Å². The van der Waals surface area contributed by atoms with Gasteiger partial charge in [-0.05, 0) is 37.3 Å². The van der Waals surface area contributed by atoms with Gasteiger partial charge in [0.1, 0.15) is 0 Å². The predicted molar refractivity (Wildman–Crippen MR) is 75.1 cm³/mol. The SMILES string of the molecule is CCOC1CCN(C2Cc3ccccc3C2O)CC1. The summed E-state index contributed by atoms with van der Waals surface area (Å²) in [5.74, 6) is 0. The van der Waals surface area contributed by atoms with Gasteiger partial charge in [0.15, 0.2) is 0 Å². The van der Waals surface area contributed by atoms with Gasteiger partial charge in [-0.15, -0.1) is 0 Å². The summed E-state index contributed by atoms with van der Waals surface area (Å²) in [6.07, 6.45) is 3.26. The Hall–Kier alpha value is -0.900. The lowest BCUT2D eigenvalue weighted by atomic mass is 10.0. The van der Waals surface area contributed by atoms with Crippen molar-refractivity contribution >= 4 is 0 Å². The highest BCUT2D eigenvalue weighted by molar-refractivity contribution is 5.35. The zero-order valence-corrected chi connectivity index (χ0v) is 11.6. The monoisotopic (exact) mass is 261 g/mol. The minimum absolute atomic E-state index is 0.264. The van der Waals surface area contributed by atoms with Crippen molar-refractivity contribution in [1.82, 2.24) is 4.90 Å². The third-order valence-electron chi connectivity index (χ3n) is 4.52. The Balaban J connectivity index is 1.63. The predicted octanol–water partition coefficient (Wildman–Crippen LogP) is 2.15. The number of rotatable bonds is 3. The van der Waals surface area contributed by atoms with E-state index in [4.69, 9.17) is 4.74 Å². The lowest BCUT2D eigenvalue weighted by Crippen LogP contribution is -2.45. The van der Waals surface area contributed by atoms with Crippen molar-refractivity contribution in [2.24, 2.45) is 0 Å². The molecule has 3 heteroatoms. The second kappa shape index (κ2) is 5.61. The third-order valence-corrected chi connectivity index (χ3v) is 4.52. The molecule has 1 aliphatic carbocycles. The second-order valence-electron chi connectivity index (χ2n) is 5.61. The Bertz CT molecular complexity index is 427. The number of aliphatic hydroxyl groups excluding tert-OH is 1. The molecule has 1 fully saturated rings. The van der Waals surface area contributed by atoms with Crippen molar-refractivity contribution in [1.29, 1.82) is 0 Å². The van der Waals surface area contributed by atoms with Crippen molar-refractivity contribution in [3.8, 4) is 0 Å². The molecule has 3 rings (SSSR count). The van der Waals surface area contributed by atoms with Gasteiger partial charge in [-0.2, -0.15) is 0 Å². The lowest BCUT2D eigenvalue weighted by molar-refractivity contribution is -0.0161. The maximum atomic E-state index is 10.5. The molecule has 0 saturated carbocycles. The van der Waals surface area contributed by atoms with Crippen molar-refractivity contribution in [3.05, 3.63) is 35.4 Å². The van der Waals surface area contributed by atoms with Gasteiger partial charge >= 0.3 is 0 Å². The molecule has 104 valence electrons. The van der Waals surface area contributed by atoms with Gasteiger partial charge in [-0.1, -0.05) is 24.3 Å². The van der Waals surface area contributed by atoms with Crippen LogP contribution >= 0.6 is 0 Å². The van der Waals surface area contributed by atoms with Crippen LogP contribution in [0, 0.1) is 0 Å². The molecule has 19 heavy (non-hydrogen) atoms. The van der Waals surface area contributed by atoms with Crippen LogP contribution < -0.4 is 0 Å². The quantitative estimate of drug-likeness (QED) is 0.905. The van der Waals surface area contributed by atoms with E-state index in [0.29, 0.717) is 6.10 Å². The van der Waals surface area contributed by atoms with Crippen LogP contribution in [0.5, 0.6) is 0 Å². The fourth-order valence-corrected chi connectivity index (χ4v) is 3.49. The van der Waals surface area contributed by atoms with Crippen molar-refractivity contribution in [3.63, 3.8) is 0 Å². The van der Waals surface area contributed by atoms with Gasteiger partial charge in [-0.3, -0.25) is 4.90 Å². The number of aliphatic hydroxyl groups is 1. The normalized spacial score (nSPS) is 28.5. The molecule has 0 spiro atoms. The molecule has 0 radical (unpaired) electrons. The fourth-order valence-electron chi connectivity index (χ4n) is 3.49. The van der Waals surface area contributed by atoms with Gasteiger partial charge in [0.25, 0.3) is 0 Å². The molecule has 2 aliphatic rings. The van der Waals surface area contributed by atoms with E-state index in [0.717, 1.165) is 44.5 Å². The summed E-state index contributed by atoms with van der Waals surface area (Å²) in [7, 11) is 0. The number of nitrogens with zero attached hydrogens (tertiary/aromatic N) is 1. The van der Waals surface area contributed by atoms with E-state index in [1.165, 1.54) is 5.56 Å². The molecule has 0 amide bonds. The summed E-state index contributed by atoms with van der Waals surface area (Å²) in [4.78, 5) is 2.44. The molecule has 1 N–H and O–H groups in total. The Morgan fingerprint density at radius 1 is 1.26 bits per heavy atom. The van der Waals surface area contributed by atoms with E-state index in [-0.39, 0.29) is 12.1 Å². The highest BCUT2D eigenvalue weighted by atomic mass is 16.5. The van der Waals surface area contributed by atoms with E-state index in [1.807, 2.05) is 6.07 Å². The maximum Gasteiger partial charge on any atom is 0.0951 e. The topological polar surface area (TPSA) is 32.7 Å². The number of fused-ring (bicyclic) bond motifs is 1. The Kier molecular flexibility index (Phi) is 3.87. The van der Waals surface area contributed by atoms with Crippen LogP contribution in [0.1, 0.15) is 37.0 Å². The smallest absolute Gasteiger partial charge is 0.0951 e. The van der Waals surface area contributed by atoms with Gasteiger partial charge in [0.05, 0.1) is 12.2 Å². The average Bonchev–Trinajstić information content (AvgIpc) is 2.78. The molecule has 1 aliphatic heterocycles. The van der Waals surface area contributed by atoms with Crippen molar-refractivity contribution in [2.45, 2.75) is 44.4 Å². The van der Waals surface area contributed by atoms with Gasteiger partial charge < -0.3 is 9.84 Å². The van der Waals surface area contributed by atoms with Crippen LogP contribution in [-0.2, 0) is 11.2 Å². The largest absolute Gasteiger partial charge is 0.387 e. The zero-order chi connectivity index (χ0) is 13.2. The number of hydrogen-bond donors (Lipinski definition) is 1. The number of likely N-dealkylation sites (tertiary alicyclic amines) is 1. The highest BCUT2D eigenvalue weighted by Gasteiger charge is 2.36. The maximum absolute atomic E-state index is 10.5. The molecule has 1 aromatic carbocycles. The minimum atomic E-state index is -0.320. The molecule has 0 aromatic heterocycles. The van der Waals surface area contributed by atoms with Crippen LogP contribution in [0.3, 0.4) is 0 Å². The van der Waals surface area contributed by atoms with Gasteiger partial charge in [-0.25, -0.2) is 0 Å². The average molecular weight is 261 g/mol. The van der Waals surface area contributed by atoms with Gasteiger partial charge in [0.2, 0.25) is 0 Å². The molecule has 2 unspecified atom stereocenters. The minimum Gasteiger partial charge on any atom is -0.387 e. The standard InChI is InChI=1S/C16H23NO2/c1-2-19-13-7-9-17(10-8-13)15-11-12-5-3-4-6-14(12)16(15)18/h3-6,13,15-16,18H,2,7-11H2,1H3. The third kappa shape index (κ3) is 2.55. The summed E-state index contributed by atoms with van der Waals surface area (Å²) >= 11 is 0. The first-order chi connectivity index (χ1) is 9.29. The summed E-state index contributed by atoms with van der Waals surface area (Å²) in [5.41, 5.74) is 2.44. The molecule has 1 saturated heterocycles. The van der Waals surface area contributed by atoms with Crippen molar-refractivity contribution < 1.29 is 9.84 Å². The summed E-state index contributed by atoms with van der Waals surface area (Å²) < 4.78 is 5.69. The zero-order valence-electron chi connectivity index (χ0n) is 11.6. The van der Waals surface area contributed by atoms with Crippen LogP contribution in [0.4, 0.5) is 0 Å². The number of piperidine rings is 1. The van der Waals surface area contributed by atoms with Crippen molar-refractivity contribution in [2.75, 3.05) is 19.7 Å². The first-order valence-electron chi connectivity index (χ1n) is 7.41. The fraction of sp³-hybridized carbons (Fsp3) is 0.625. The van der Waals surface area contributed by atoms with Crippen LogP contribution in [-0.4, -0.2) is 41.8 Å². The van der Waals surface area contributed by atoms with E-state index < -0.39 is 0 Å². The molecular formula is C16H23NO2. The molecule has 0 bridgehead atoms. The number of hydrogen-bond acceptors (Lipinski definition) is 3. The Labute approximate surface area is 115 Å². The first-order valence-corrected chi connectivity index (χ1v) is 7.41. The Morgan fingerprint density at radius 3 is 2.68 bits per heavy atom. The number of ether oxygens (including phenoxy) is 1. The van der Waals surface area contributed by atoms with Crippen LogP contribution in [0.15, 0.2) is 24.3 Å². The van der Waals surface area contributed by atoms with E-state index in [9.17, 15) is 5.11 Å². The van der Waals surface area contributed by atoms with E-state index >= 15 is 0 Å². The summed E-state index contributed by atoms with van der Waals surface area (Å²) in [6, 6.07) is 8.55. The molecule has 1 heterocycles. The summed E-state index contributed by atoms with van der Waals surface area (Å²) in [6.45, 7) is 4.95.